The zero-order valence-electron chi connectivity index (χ0n) is 11.4. The second-order valence-electron chi connectivity index (χ2n) is 4.20. The quantitative estimate of drug-likeness (QED) is 0.598. The molecule has 2 amide bonds. The van der Waals surface area contributed by atoms with E-state index in [1.54, 1.807) is 12.1 Å². The van der Waals surface area contributed by atoms with Crippen LogP contribution in [-0.2, 0) is 14.8 Å². The molecular formula is C12H17N3O5S. The van der Waals surface area contributed by atoms with Gasteiger partial charge in [-0.05, 0) is 30.7 Å². The number of hydrogen-bond donors (Lipinski definition) is 4. The maximum Gasteiger partial charge on any atom is 0.318 e. The molecule has 0 saturated heterocycles. The van der Waals surface area contributed by atoms with E-state index in [4.69, 9.17) is 5.11 Å². The predicted molar refractivity (Wildman–Crippen MR) is 78.8 cm³/mol. The molecule has 1 aromatic carbocycles. The van der Waals surface area contributed by atoms with Gasteiger partial charge in [0, 0.05) is 24.8 Å². The van der Waals surface area contributed by atoms with Crippen molar-refractivity contribution in [1.29, 1.82) is 0 Å². The summed E-state index contributed by atoms with van der Waals surface area (Å²) < 4.78 is 25.8. The lowest BCUT2D eigenvalue weighted by atomic mass is 10.3. The number of carbonyl (C=O) groups is 2. The van der Waals surface area contributed by atoms with E-state index >= 15 is 0 Å². The van der Waals surface area contributed by atoms with E-state index in [2.05, 4.69) is 15.4 Å². The highest BCUT2D eigenvalue weighted by atomic mass is 32.2. The maximum atomic E-state index is 11.7. The highest BCUT2D eigenvalue weighted by Gasteiger charge is 2.11. The first kappa shape index (κ1) is 16.8. The van der Waals surface area contributed by atoms with Gasteiger partial charge in [0.1, 0.15) is 0 Å². The van der Waals surface area contributed by atoms with Crippen molar-refractivity contribution in [2.24, 2.45) is 0 Å². The van der Waals surface area contributed by atoms with Gasteiger partial charge < -0.3 is 15.7 Å². The summed E-state index contributed by atoms with van der Waals surface area (Å²) in [4.78, 5) is 21.4. The lowest BCUT2D eigenvalue weighted by Gasteiger charge is -2.09. The number of anilines is 2. The van der Waals surface area contributed by atoms with Crippen molar-refractivity contribution in [1.82, 2.24) is 5.32 Å². The summed E-state index contributed by atoms with van der Waals surface area (Å²) in [7, 11) is -2.10. The summed E-state index contributed by atoms with van der Waals surface area (Å²) in [5.41, 5.74) is 0.857. The van der Waals surface area contributed by atoms with Crippen molar-refractivity contribution in [3.8, 4) is 0 Å². The van der Waals surface area contributed by atoms with Gasteiger partial charge in [0.25, 0.3) is 0 Å². The molecular weight excluding hydrogens is 298 g/mol. The highest BCUT2D eigenvalue weighted by molar-refractivity contribution is 7.92. The molecule has 0 unspecified atom stereocenters. The van der Waals surface area contributed by atoms with Crippen LogP contribution in [-0.4, -0.2) is 38.3 Å². The minimum absolute atomic E-state index is 0.0426. The van der Waals surface area contributed by atoms with Crippen LogP contribution in [0.15, 0.2) is 24.3 Å². The summed E-state index contributed by atoms with van der Waals surface area (Å²) in [6.45, 7) is 0. The Morgan fingerprint density at radius 3 is 2.24 bits per heavy atom. The van der Waals surface area contributed by atoms with E-state index in [1.807, 2.05) is 0 Å². The van der Waals surface area contributed by atoms with E-state index < -0.39 is 16.0 Å². The molecule has 0 aromatic heterocycles. The van der Waals surface area contributed by atoms with Crippen LogP contribution >= 0.6 is 0 Å². The fourth-order valence-corrected chi connectivity index (χ4v) is 2.58. The molecule has 116 valence electrons. The molecule has 0 fully saturated rings. The largest absolute Gasteiger partial charge is 0.481 e. The second-order valence-corrected chi connectivity index (χ2v) is 6.04. The maximum absolute atomic E-state index is 11.7. The lowest BCUT2D eigenvalue weighted by Crippen LogP contribution is -2.24. The standard InChI is InChI=1S/C12H17N3O5S/c1-13-12(18)14-9-4-6-10(7-5-9)15-21(19,20)8-2-3-11(16)17/h4-7,15H,2-3,8H2,1H3,(H,16,17)(H2,13,14,18). The molecule has 0 atom stereocenters. The molecule has 0 saturated carbocycles. The Labute approximate surface area is 122 Å². The van der Waals surface area contributed by atoms with Crippen LogP contribution in [0.25, 0.3) is 0 Å². The van der Waals surface area contributed by atoms with E-state index in [-0.39, 0.29) is 24.6 Å². The number of carbonyl (C=O) groups excluding carboxylic acids is 1. The summed E-state index contributed by atoms with van der Waals surface area (Å²) in [6, 6.07) is 5.71. The van der Waals surface area contributed by atoms with Gasteiger partial charge in [-0.1, -0.05) is 0 Å². The van der Waals surface area contributed by atoms with Crippen LogP contribution in [0.3, 0.4) is 0 Å². The Kier molecular flexibility index (Phi) is 5.97. The third kappa shape index (κ3) is 6.61. The Bertz CT molecular complexity index is 598. The Hall–Kier alpha value is -2.29. The first-order valence-electron chi connectivity index (χ1n) is 6.13. The van der Waals surface area contributed by atoms with Crippen LogP contribution < -0.4 is 15.4 Å². The number of hydrogen-bond acceptors (Lipinski definition) is 4. The molecule has 21 heavy (non-hydrogen) atoms. The van der Waals surface area contributed by atoms with Crippen molar-refractivity contribution < 1.29 is 23.1 Å². The van der Waals surface area contributed by atoms with E-state index in [1.165, 1.54) is 19.2 Å². The average Bonchev–Trinajstić information content (AvgIpc) is 2.39. The fourth-order valence-electron chi connectivity index (χ4n) is 1.46. The van der Waals surface area contributed by atoms with Gasteiger partial charge in [0.15, 0.2) is 0 Å². The van der Waals surface area contributed by atoms with Crippen LogP contribution in [0, 0.1) is 0 Å². The van der Waals surface area contributed by atoms with Crippen LogP contribution in [0.4, 0.5) is 16.2 Å². The summed E-state index contributed by atoms with van der Waals surface area (Å²) >= 11 is 0. The monoisotopic (exact) mass is 315 g/mol. The van der Waals surface area contributed by atoms with Gasteiger partial charge in [0.2, 0.25) is 10.0 Å². The number of sulfonamides is 1. The molecule has 0 heterocycles. The van der Waals surface area contributed by atoms with Gasteiger partial charge in [-0.25, -0.2) is 13.2 Å². The molecule has 0 aliphatic carbocycles. The van der Waals surface area contributed by atoms with Crippen molar-refractivity contribution >= 4 is 33.4 Å². The molecule has 9 heteroatoms. The Morgan fingerprint density at radius 1 is 1.14 bits per heavy atom. The molecule has 1 rings (SSSR count). The van der Waals surface area contributed by atoms with E-state index in [9.17, 15) is 18.0 Å². The fraction of sp³-hybridized carbons (Fsp3) is 0.333. The molecule has 0 aliphatic heterocycles. The van der Waals surface area contributed by atoms with E-state index in [0.717, 1.165) is 0 Å². The molecule has 8 nitrogen and oxygen atoms in total. The number of urea groups is 1. The zero-order chi connectivity index (χ0) is 15.9. The number of amides is 2. The van der Waals surface area contributed by atoms with Crippen LogP contribution in [0.2, 0.25) is 0 Å². The number of rotatable bonds is 7. The number of benzene rings is 1. The highest BCUT2D eigenvalue weighted by Crippen LogP contribution is 2.15. The first-order valence-corrected chi connectivity index (χ1v) is 7.79. The third-order valence-corrected chi connectivity index (χ3v) is 3.82. The first-order chi connectivity index (χ1) is 9.82. The normalized spacial score (nSPS) is 10.7. The molecule has 0 bridgehead atoms. The number of nitrogens with one attached hydrogen (secondary N) is 3. The van der Waals surface area contributed by atoms with Crippen LogP contribution in [0.5, 0.6) is 0 Å². The number of aliphatic carboxylic acids is 1. The third-order valence-electron chi connectivity index (χ3n) is 2.45. The van der Waals surface area contributed by atoms with Gasteiger partial charge in [-0.15, -0.1) is 0 Å². The van der Waals surface area contributed by atoms with E-state index in [0.29, 0.717) is 11.4 Å². The van der Waals surface area contributed by atoms with Gasteiger partial charge in [0.05, 0.1) is 5.75 Å². The van der Waals surface area contributed by atoms with Crippen molar-refractivity contribution in [2.75, 3.05) is 22.8 Å². The summed E-state index contributed by atoms with van der Waals surface area (Å²) in [5.74, 6) is -1.30. The SMILES string of the molecule is CNC(=O)Nc1ccc(NS(=O)(=O)CCCC(=O)O)cc1. The van der Waals surface area contributed by atoms with Gasteiger partial charge >= 0.3 is 12.0 Å². The molecule has 4 N–H and O–H groups in total. The average molecular weight is 315 g/mol. The number of carboxylic acid groups (broad SMARTS) is 1. The molecule has 0 spiro atoms. The minimum Gasteiger partial charge on any atom is -0.481 e. The summed E-state index contributed by atoms with van der Waals surface area (Å²) in [6.07, 6.45) is -0.156. The smallest absolute Gasteiger partial charge is 0.318 e. The lowest BCUT2D eigenvalue weighted by molar-refractivity contribution is -0.137. The molecule has 0 aliphatic rings. The van der Waals surface area contributed by atoms with Crippen molar-refractivity contribution in [2.45, 2.75) is 12.8 Å². The topological polar surface area (TPSA) is 125 Å². The summed E-state index contributed by atoms with van der Waals surface area (Å²) in [5, 5.41) is 13.4. The molecule has 1 aromatic rings. The van der Waals surface area contributed by atoms with Crippen molar-refractivity contribution in [3.05, 3.63) is 24.3 Å². The molecule has 0 radical (unpaired) electrons. The van der Waals surface area contributed by atoms with Crippen molar-refractivity contribution in [3.63, 3.8) is 0 Å². The van der Waals surface area contributed by atoms with Gasteiger partial charge in [-0.3, -0.25) is 9.52 Å². The van der Waals surface area contributed by atoms with Gasteiger partial charge in [-0.2, -0.15) is 0 Å². The minimum atomic E-state index is -3.58. The second kappa shape index (κ2) is 7.48. The van der Waals surface area contributed by atoms with Crippen LogP contribution in [0.1, 0.15) is 12.8 Å². The Balaban J connectivity index is 2.58. The Morgan fingerprint density at radius 2 is 1.71 bits per heavy atom. The zero-order valence-corrected chi connectivity index (χ0v) is 12.2. The predicted octanol–water partition coefficient (Wildman–Crippen LogP) is 1.04. The number of carboxylic acids is 1.